The van der Waals surface area contributed by atoms with Crippen LogP contribution in [0.2, 0.25) is 0 Å². The van der Waals surface area contributed by atoms with Crippen LogP contribution < -0.4 is 24.3 Å². The highest BCUT2D eigenvalue weighted by Crippen LogP contribution is 2.36. The van der Waals surface area contributed by atoms with Gasteiger partial charge in [0.1, 0.15) is 0 Å². The van der Waals surface area contributed by atoms with Gasteiger partial charge in [-0.05, 0) is 60.0 Å². The van der Waals surface area contributed by atoms with E-state index >= 15 is 0 Å². The molecule has 1 aromatic heterocycles. The van der Waals surface area contributed by atoms with Crippen molar-refractivity contribution in [3.8, 4) is 33.4 Å². The maximum atomic E-state index is 12.5. The summed E-state index contributed by atoms with van der Waals surface area (Å²) in [5.41, 5.74) is 1.91. The molecule has 0 aliphatic rings. The quantitative estimate of drug-likeness (QED) is 0.481. The van der Waals surface area contributed by atoms with E-state index < -0.39 is 12.0 Å². The number of carbonyl (C=O) groups excluding carboxylic acids is 1. The van der Waals surface area contributed by atoms with Crippen molar-refractivity contribution in [3.05, 3.63) is 59.0 Å². The third-order valence-corrected chi connectivity index (χ3v) is 6.16. The molecule has 1 amide bonds. The molecule has 1 heterocycles. The number of aliphatic hydroxyl groups excluding tert-OH is 1. The number of hydrogen-bond acceptors (Lipinski definition) is 7. The summed E-state index contributed by atoms with van der Waals surface area (Å²) in [4.78, 5) is 13.9. The van der Waals surface area contributed by atoms with E-state index in [-0.39, 0.29) is 0 Å². The Morgan fingerprint density at radius 3 is 2.16 bits per heavy atom. The summed E-state index contributed by atoms with van der Waals surface area (Å²) in [7, 11) is 6.33. The van der Waals surface area contributed by atoms with Crippen LogP contribution in [0.3, 0.4) is 0 Å². The average molecular weight is 458 g/mol. The molecular formula is C24H27NO6S. The van der Waals surface area contributed by atoms with Crippen molar-refractivity contribution in [2.45, 2.75) is 12.5 Å². The second-order valence-electron chi connectivity index (χ2n) is 6.90. The number of thiophene rings is 1. The Bertz CT molecular complexity index is 1060. The third-order valence-electron chi connectivity index (χ3n) is 4.97. The Labute approximate surface area is 191 Å². The molecule has 0 saturated heterocycles. The number of aliphatic hydroxyl groups is 1. The van der Waals surface area contributed by atoms with Crippen LogP contribution in [0.25, 0.3) is 10.4 Å². The zero-order valence-electron chi connectivity index (χ0n) is 18.5. The number of rotatable bonds is 10. The van der Waals surface area contributed by atoms with Gasteiger partial charge >= 0.3 is 0 Å². The van der Waals surface area contributed by atoms with Gasteiger partial charge < -0.3 is 29.4 Å². The molecule has 3 aromatic rings. The SMILES string of the molecule is COc1ccc(CCNC(=O)C(O)c2ccc(-c3ccc(OC)c(OC)c3)s2)cc1OC. The Morgan fingerprint density at radius 1 is 0.875 bits per heavy atom. The highest BCUT2D eigenvalue weighted by atomic mass is 32.1. The Morgan fingerprint density at radius 2 is 1.50 bits per heavy atom. The predicted molar refractivity (Wildman–Crippen MR) is 124 cm³/mol. The first-order valence-electron chi connectivity index (χ1n) is 9.99. The first kappa shape index (κ1) is 23.4. The van der Waals surface area contributed by atoms with Crippen LogP contribution >= 0.6 is 11.3 Å². The average Bonchev–Trinajstić information content (AvgIpc) is 3.33. The van der Waals surface area contributed by atoms with E-state index in [9.17, 15) is 9.90 Å². The number of hydrogen-bond donors (Lipinski definition) is 2. The largest absolute Gasteiger partial charge is 0.493 e. The summed E-state index contributed by atoms with van der Waals surface area (Å²) in [6, 6.07) is 14.8. The van der Waals surface area contributed by atoms with Gasteiger partial charge in [0.2, 0.25) is 0 Å². The summed E-state index contributed by atoms with van der Waals surface area (Å²) >= 11 is 1.36. The molecule has 2 aromatic carbocycles. The standard InChI is InChI=1S/C24H27NO6S/c1-28-17-7-5-15(13-19(17)30-3)11-12-25-24(27)23(26)22-10-9-21(32-22)16-6-8-18(29-2)20(14-16)31-4/h5-10,13-14,23,26H,11-12H2,1-4H3,(H,25,27). The topological polar surface area (TPSA) is 86.3 Å². The molecule has 3 rings (SSSR count). The van der Waals surface area contributed by atoms with Crippen molar-refractivity contribution in [3.63, 3.8) is 0 Å². The van der Waals surface area contributed by atoms with Gasteiger partial charge in [-0.1, -0.05) is 6.07 Å². The van der Waals surface area contributed by atoms with Gasteiger partial charge in [-0.3, -0.25) is 4.79 Å². The van der Waals surface area contributed by atoms with Gasteiger partial charge in [0.15, 0.2) is 29.1 Å². The van der Waals surface area contributed by atoms with Gasteiger partial charge in [-0.25, -0.2) is 0 Å². The molecule has 1 unspecified atom stereocenters. The fourth-order valence-electron chi connectivity index (χ4n) is 3.24. The van der Waals surface area contributed by atoms with Crippen LogP contribution in [-0.4, -0.2) is 46.0 Å². The Hall–Kier alpha value is -3.23. The molecule has 0 saturated carbocycles. The van der Waals surface area contributed by atoms with Gasteiger partial charge in [0, 0.05) is 16.3 Å². The maximum Gasteiger partial charge on any atom is 0.254 e. The summed E-state index contributed by atoms with van der Waals surface area (Å²) in [5.74, 6) is 2.11. The predicted octanol–water partition coefficient (Wildman–Crippen LogP) is 3.84. The molecule has 0 spiro atoms. The van der Waals surface area contributed by atoms with E-state index in [2.05, 4.69) is 5.32 Å². The molecule has 0 bridgehead atoms. The van der Waals surface area contributed by atoms with Crippen LogP contribution in [0, 0.1) is 0 Å². The van der Waals surface area contributed by atoms with Gasteiger partial charge in [-0.2, -0.15) is 0 Å². The van der Waals surface area contributed by atoms with Crippen molar-refractivity contribution < 1.29 is 28.8 Å². The highest BCUT2D eigenvalue weighted by molar-refractivity contribution is 7.15. The van der Waals surface area contributed by atoms with E-state index in [1.807, 2.05) is 42.5 Å². The van der Waals surface area contributed by atoms with Crippen LogP contribution in [0.5, 0.6) is 23.0 Å². The lowest BCUT2D eigenvalue weighted by atomic mass is 10.1. The zero-order valence-corrected chi connectivity index (χ0v) is 19.3. The van der Waals surface area contributed by atoms with Gasteiger partial charge in [0.05, 0.1) is 28.4 Å². The van der Waals surface area contributed by atoms with Crippen LogP contribution in [-0.2, 0) is 11.2 Å². The Balaban J connectivity index is 1.60. The summed E-state index contributed by atoms with van der Waals surface area (Å²) in [5, 5.41) is 13.3. The van der Waals surface area contributed by atoms with Crippen molar-refractivity contribution in [1.29, 1.82) is 0 Å². The molecule has 0 fully saturated rings. The third kappa shape index (κ3) is 5.33. The second-order valence-corrected chi connectivity index (χ2v) is 8.02. The molecule has 1 atom stereocenters. The van der Waals surface area contributed by atoms with Crippen molar-refractivity contribution in [2.24, 2.45) is 0 Å². The number of carbonyl (C=O) groups is 1. The van der Waals surface area contributed by atoms with Crippen LogP contribution in [0.1, 0.15) is 16.5 Å². The van der Waals surface area contributed by atoms with Crippen LogP contribution in [0.4, 0.5) is 0 Å². The van der Waals surface area contributed by atoms with E-state index in [4.69, 9.17) is 18.9 Å². The maximum absolute atomic E-state index is 12.5. The first-order valence-corrected chi connectivity index (χ1v) is 10.8. The number of ether oxygens (including phenoxy) is 4. The van der Waals surface area contributed by atoms with E-state index in [1.165, 1.54) is 11.3 Å². The molecule has 0 radical (unpaired) electrons. The normalized spacial score (nSPS) is 11.5. The number of amides is 1. The fraction of sp³-hybridized carbons (Fsp3) is 0.292. The minimum absolute atomic E-state index is 0.388. The molecule has 0 aliphatic heterocycles. The minimum Gasteiger partial charge on any atom is -0.493 e. The second kappa shape index (κ2) is 10.9. The summed E-state index contributed by atoms with van der Waals surface area (Å²) in [6.45, 7) is 0.388. The summed E-state index contributed by atoms with van der Waals surface area (Å²) in [6.07, 6.45) is -0.639. The molecule has 7 nitrogen and oxygen atoms in total. The van der Waals surface area contributed by atoms with Crippen LogP contribution in [0.15, 0.2) is 48.5 Å². The molecule has 32 heavy (non-hydrogen) atoms. The minimum atomic E-state index is -1.24. The number of methoxy groups -OCH3 is 4. The lowest BCUT2D eigenvalue weighted by Gasteiger charge is -2.12. The zero-order chi connectivity index (χ0) is 23.1. The Kier molecular flexibility index (Phi) is 7.97. The smallest absolute Gasteiger partial charge is 0.254 e. The fourth-order valence-corrected chi connectivity index (χ4v) is 4.23. The molecule has 8 heteroatoms. The number of nitrogens with one attached hydrogen (secondary N) is 1. The van der Waals surface area contributed by atoms with Gasteiger partial charge in [0.25, 0.3) is 5.91 Å². The lowest BCUT2D eigenvalue weighted by molar-refractivity contribution is -0.129. The molecule has 170 valence electrons. The number of benzene rings is 2. The summed E-state index contributed by atoms with van der Waals surface area (Å²) < 4.78 is 21.2. The van der Waals surface area contributed by atoms with Crippen molar-refractivity contribution in [2.75, 3.05) is 35.0 Å². The van der Waals surface area contributed by atoms with E-state index in [0.29, 0.717) is 40.8 Å². The van der Waals surface area contributed by atoms with E-state index in [1.54, 1.807) is 34.5 Å². The highest BCUT2D eigenvalue weighted by Gasteiger charge is 2.20. The van der Waals surface area contributed by atoms with Gasteiger partial charge in [-0.15, -0.1) is 11.3 Å². The molecule has 2 N–H and O–H groups in total. The van der Waals surface area contributed by atoms with Crippen molar-refractivity contribution >= 4 is 17.2 Å². The molecule has 0 aliphatic carbocycles. The lowest BCUT2D eigenvalue weighted by Crippen LogP contribution is -2.30. The monoisotopic (exact) mass is 457 g/mol. The van der Waals surface area contributed by atoms with E-state index in [0.717, 1.165) is 16.0 Å². The van der Waals surface area contributed by atoms with Crippen molar-refractivity contribution in [1.82, 2.24) is 5.32 Å². The molecular weight excluding hydrogens is 430 g/mol. The first-order chi connectivity index (χ1) is 15.5.